The van der Waals surface area contributed by atoms with E-state index >= 15 is 0 Å². The summed E-state index contributed by atoms with van der Waals surface area (Å²) in [6.45, 7) is 3.80. The number of imidazole rings is 1. The number of hydrogen-bond acceptors (Lipinski definition) is 5. The molecule has 4 aromatic rings. The molecule has 0 spiro atoms. The van der Waals surface area contributed by atoms with Gasteiger partial charge in [0.05, 0.1) is 6.54 Å². The number of aliphatic hydroxyl groups is 1. The Labute approximate surface area is 188 Å². The first-order valence-electron chi connectivity index (χ1n) is 10.4. The number of hydrogen-bond donors (Lipinski definition) is 1. The highest BCUT2D eigenvalue weighted by Gasteiger charge is 2.22. The zero-order valence-electron chi connectivity index (χ0n) is 18.1. The van der Waals surface area contributed by atoms with Crippen molar-refractivity contribution in [2.45, 2.75) is 19.5 Å². The topological polar surface area (TPSA) is 91.3 Å². The third kappa shape index (κ3) is 4.35. The van der Waals surface area contributed by atoms with Crippen molar-refractivity contribution in [1.29, 1.82) is 0 Å². The minimum Gasteiger partial charge on any atom is -0.425 e. The van der Waals surface area contributed by atoms with Crippen LogP contribution in [0.4, 0.5) is 4.39 Å². The molecular formula is C24H23FN4O4. The Bertz CT molecular complexity index is 1440. The Balaban J connectivity index is 1.94. The summed E-state index contributed by atoms with van der Waals surface area (Å²) >= 11 is 0. The van der Waals surface area contributed by atoms with E-state index in [1.807, 2.05) is 30.3 Å². The minimum absolute atomic E-state index is 0.0430. The molecule has 0 amide bonds. The van der Waals surface area contributed by atoms with E-state index in [1.54, 1.807) is 10.6 Å². The number of nitrogens with zero attached hydrogens (tertiary/aromatic N) is 4. The maximum Gasteiger partial charge on any atom is 0.332 e. The van der Waals surface area contributed by atoms with Crippen molar-refractivity contribution in [2.24, 2.45) is 7.05 Å². The predicted octanol–water partition coefficient (Wildman–Crippen LogP) is 2.90. The molecule has 4 rings (SSSR count). The molecule has 33 heavy (non-hydrogen) atoms. The average molecular weight is 450 g/mol. The van der Waals surface area contributed by atoms with E-state index in [2.05, 4.69) is 11.6 Å². The Morgan fingerprint density at radius 3 is 2.61 bits per heavy atom. The number of aromatic nitrogens is 4. The first-order valence-corrected chi connectivity index (χ1v) is 10.4. The fourth-order valence-electron chi connectivity index (χ4n) is 3.63. The van der Waals surface area contributed by atoms with Crippen LogP contribution in [0.25, 0.3) is 17.2 Å². The van der Waals surface area contributed by atoms with Crippen molar-refractivity contribution >= 4 is 17.2 Å². The second-order valence-corrected chi connectivity index (χ2v) is 7.54. The lowest BCUT2D eigenvalue weighted by Crippen LogP contribution is -2.39. The second-order valence-electron chi connectivity index (χ2n) is 7.54. The maximum atomic E-state index is 14.0. The molecule has 9 heteroatoms. The van der Waals surface area contributed by atoms with E-state index in [9.17, 15) is 19.1 Å². The number of benzene rings is 2. The quantitative estimate of drug-likeness (QED) is 0.446. The van der Waals surface area contributed by atoms with Crippen LogP contribution in [0.5, 0.6) is 11.8 Å². The van der Waals surface area contributed by atoms with Crippen molar-refractivity contribution in [3.05, 3.63) is 92.9 Å². The minimum atomic E-state index is -0.545. The van der Waals surface area contributed by atoms with Crippen LogP contribution < -0.4 is 16.0 Å². The number of aryl methyl sites for hydroxylation is 1. The number of rotatable bonds is 8. The summed E-state index contributed by atoms with van der Waals surface area (Å²) in [7, 11) is 1.52. The Kier molecular flexibility index (Phi) is 6.23. The number of fused-ring (bicyclic) bond motifs is 1. The van der Waals surface area contributed by atoms with Crippen molar-refractivity contribution in [1.82, 2.24) is 18.7 Å². The van der Waals surface area contributed by atoms with Crippen LogP contribution in [0, 0.1) is 5.82 Å². The van der Waals surface area contributed by atoms with E-state index in [4.69, 9.17) is 4.74 Å². The SMILES string of the molecule is C=Cc1cc(F)cc(Oc2nc3c(c(=O)n(CCCO)c(=O)n3C)n2Cc2ccccc2)c1. The van der Waals surface area contributed by atoms with Crippen LogP contribution in [0.3, 0.4) is 0 Å². The molecular weight excluding hydrogens is 427 g/mol. The predicted molar refractivity (Wildman–Crippen MR) is 123 cm³/mol. The third-order valence-corrected chi connectivity index (χ3v) is 5.26. The van der Waals surface area contributed by atoms with Crippen LogP contribution in [0.2, 0.25) is 0 Å². The monoisotopic (exact) mass is 450 g/mol. The highest BCUT2D eigenvalue weighted by Crippen LogP contribution is 2.27. The number of aliphatic hydroxyl groups excluding tert-OH is 1. The molecule has 0 aliphatic heterocycles. The van der Waals surface area contributed by atoms with Gasteiger partial charge in [0.1, 0.15) is 11.6 Å². The molecule has 0 aliphatic carbocycles. The zero-order chi connectivity index (χ0) is 23.5. The Morgan fingerprint density at radius 2 is 1.91 bits per heavy atom. The molecule has 2 aromatic heterocycles. The van der Waals surface area contributed by atoms with Gasteiger partial charge in [-0.2, -0.15) is 4.98 Å². The lowest BCUT2D eigenvalue weighted by Gasteiger charge is -2.11. The lowest BCUT2D eigenvalue weighted by molar-refractivity contribution is 0.277. The summed E-state index contributed by atoms with van der Waals surface area (Å²) in [5, 5.41) is 9.18. The standard InChI is InChI=1S/C24H23FN4O4/c1-3-16-12-18(25)14-19(13-16)33-23-26-21-20(29(23)15-17-8-5-4-6-9-17)22(31)28(10-7-11-30)24(32)27(21)2/h3-6,8-9,12-14,30H,1,7,10-11,15H2,2H3. The van der Waals surface area contributed by atoms with Gasteiger partial charge in [-0.3, -0.25) is 18.5 Å². The zero-order valence-corrected chi connectivity index (χ0v) is 18.1. The maximum absolute atomic E-state index is 14.0. The fraction of sp³-hybridized carbons (Fsp3) is 0.208. The van der Waals surface area contributed by atoms with Gasteiger partial charge in [0, 0.05) is 26.3 Å². The summed E-state index contributed by atoms with van der Waals surface area (Å²) < 4.78 is 23.9. The molecule has 2 heterocycles. The highest BCUT2D eigenvalue weighted by molar-refractivity contribution is 5.72. The average Bonchev–Trinajstić information content (AvgIpc) is 3.15. The first kappa shape index (κ1) is 22.2. The Hall–Kier alpha value is -3.98. The highest BCUT2D eigenvalue weighted by atomic mass is 19.1. The van der Waals surface area contributed by atoms with Gasteiger partial charge in [-0.05, 0) is 29.7 Å². The van der Waals surface area contributed by atoms with Gasteiger partial charge >= 0.3 is 11.7 Å². The largest absolute Gasteiger partial charge is 0.425 e. The van der Waals surface area contributed by atoms with Crippen LogP contribution in [-0.2, 0) is 20.1 Å². The molecule has 0 radical (unpaired) electrons. The van der Waals surface area contributed by atoms with E-state index in [-0.39, 0.29) is 49.0 Å². The molecule has 170 valence electrons. The Morgan fingerprint density at radius 1 is 1.15 bits per heavy atom. The van der Waals surface area contributed by atoms with Gasteiger partial charge in [0.25, 0.3) is 5.56 Å². The van der Waals surface area contributed by atoms with Gasteiger partial charge in [0.15, 0.2) is 11.2 Å². The van der Waals surface area contributed by atoms with Crippen molar-refractivity contribution in [3.63, 3.8) is 0 Å². The van der Waals surface area contributed by atoms with Gasteiger partial charge < -0.3 is 9.84 Å². The summed E-state index contributed by atoms with van der Waals surface area (Å²) in [6, 6.07) is 13.6. The van der Waals surface area contributed by atoms with E-state index in [0.29, 0.717) is 5.56 Å². The molecule has 0 unspecified atom stereocenters. The van der Waals surface area contributed by atoms with E-state index in [1.165, 1.54) is 29.8 Å². The molecule has 0 fully saturated rings. The van der Waals surface area contributed by atoms with Crippen molar-refractivity contribution in [3.8, 4) is 11.8 Å². The van der Waals surface area contributed by atoms with E-state index in [0.717, 1.165) is 10.1 Å². The van der Waals surface area contributed by atoms with Crippen LogP contribution in [0.1, 0.15) is 17.5 Å². The molecule has 0 saturated carbocycles. The molecule has 0 atom stereocenters. The summed E-state index contributed by atoms with van der Waals surface area (Å²) in [4.78, 5) is 30.5. The van der Waals surface area contributed by atoms with Gasteiger partial charge in [-0.1, -0.05) is 43.0 Å². The van der Waals surface area contributed by atoms with Gasteiger partial charge in [0.2, 0.25) is 0 Å². The van der Waals surface area contributed by atoms with Crippen LogP contribution in [0.15, 0.2) is 64.7 Å². The first-order chi connectivity index (χ1) is 15.9. The molecule has 1 N–H and O–H groups in total. The third-order valence-electron chi connectivity index (χ3n) is 5.26. The summed E-state index contributed by atoms with van der Waals surface area (Å²) in [6.07, 6.45) is 1.75. The summed E-state index contributed by atoms with van der Waals surface area (Å²) in [5.41, 5.74) is 0.644. The second kappa shape index (κ2) is 9.25. The van der Waals surface area contributed by atoms with E-state index < -0.39 is 17.1 Å². The van der Waals surface area contributed by atoms with Gasteiger partial charge in [-0.15, -0.1) is 0 Å². The van der Waals surface area contributed by atoms with Crippen LogP contribution >= 0.6 is 0 Å². The number of halogens is 1. The smallest absolute Gasteiger partial charge is 0.332 e. The summed E-state index contributed by atoms with van der Waals surface area (Å²) in [5.74, 6) is -0.327. The van der Waals surface area contributed by atoms with Crippen molar-refractivity contribution < 1.29 is 14.2 Å². The molecule has 0 aliphatic rings. The van der Waals surface area contributed by atoms with Crippen molar-refractivity contribution in [2.75, 3.05) is 6.61 Å². The van der Waals surface area contributed by atoms with Crippen LogP contribution in [-0.4, -0.2) is 30.4 Å². The molecule has 0 saturated heterocycles. The molecule has 8 nitrogen and oxygen atoms in total. The molecule has 2 aromatic carbocycles. The van der Waals surface area contributed by atoms with Gasteiger partial charge in [-0.25, -0.2) is 9.18 Å². The molecule has 0 bridgehead atoms. The normalized spacial score (nSPS) is 11.1. The lowest BCUT2D eigenvalue weighted by atomic mass is 10.2. The fourth-order valence-corrected chi connectivity index (χ4v) is 3.63. The number of ether oxygens (including phenoxy) is 1.